The fraction of sp³-hybridized carbons (Fsp3) is 0.207. The summed E-state index contributed by atoms with van der Waals surface area (Å²) in [6.45, 7) is 2.49. The summed E-state index contributed by atoms with van der Waals surface area (Å²) in [6, 6.07) is 17.6. The quantitative estimate of drug-likeness (QED) is 0.314. The van der Waals surface area contributed by atoms with Gasteiger partial charge in [-0.15, -0.1) is 0 Å². The zero-order valence-corrected chi connectivity index (χ0v) is 19.6. The molecule has 1 fully saturated rings. The lowest BCUT2D eigenvalue weighted by molar-refractivity contribution is 0.0959. The van der Waals surface area contributed by atoms with Crippen LogP contribution in [-0.2, 0) is 6.42 Å². The fourth-order valence-electron chi connectivity index (χ4n) is 3.80. The SMILES string of the molecule is CCc1ccnc(/C=C/c2n[nH]c3cc(Nc4ccccc4C(=O)NCC#CC4CC4)ccc23)c1. The highest BCUT2D eigenvalue weighted by Gasteiger charge is 2.17. The van der Waals surface area contributed by atoms with Crippen LogP contribution in [0.1, 0.15) is 47.1 Å². The second kappa shape index (κ2) is 10.3. The lowest BCUT2D eigenvalue weighted by Crippen LogP contribution is -2.24. The zero-order valence-electron chi connectivity index (χ0n) is 19.6. The van der Waals surface area contributed by atoms with Crippen molar-refractivity contribution in [1.82, 2.24) is 20.5 Å². The van der Waals surface area contributed by atoms with E-state index in [0.717, 1.165) is 40.1 Å². The van der Waals surface area contributed by atoms with Crippen molar-refractivity contribution in [2.75, 3.05) is 11.9 Å². The number of aromatic amines is 1. The van der Waals surface area contributed by atoms with Gasteiger partial charge in [0.2, 0.25) is 0 Å². The Morgan fingerprint density at radius 2 is 2.03 bits per heavy atom. The van der Waals surface area contributed by atoms with Crippen molar-refractivity contribution in [1.29, 1.82) is 0 Å². The maximum Gasteiger partial charge on any atom is 0.254 e. The summed E-state index contributed by atoms with van der Waals surface area (Å²) in [5.41, 5.74) is 6.10. The number of hydrogen-bond donors (Lipinski definition) is 3. The number of benzene rings is 2. The summed E-state index contributed by atoms with van der Waals surface area (Å²) >= 11 is 0. The Bertz CT molecular complexity index is 1450. The molecule has 3 N–H and O–H groups in total. The minimum atomic E-state index is -0.144. The van der Waals surface area contributed by atoms with Gasteiger partial charge in [-0.25, -0.2) is 0 Å². The molecule has 2 aromatic heterocycles. The molecule has 5 rings (SSSR count). The van der Waals surface area contributed by atoms with Crippen molar-refractivity contribution in [2.24, 2.45) is 5.92 Å². The van der Waals surface area contributed by atoms with E-state index < -0.39 is 0 Å². The molecule has 0 atom stereocenters. The minimum absolute atomic E-state index is 0.144. The number of H-pyrrole nitrogens is 1. The number of carbonyl (C=O) groups excluding carboxylic acids is 1. The van der Waals surface area contributed by atoms with Crippen LogP contribution in [0, 0.1) is 17.8 Å². The van der Waals surface area contributed by atoms with Gasteiger partial charge in [-0.1, -0.05) is 30.9 Å². The van der Waals surface area contributed by atoms with Gasteiger partial charge in [0.05, 0.1) is 34.7 Å². The summed E-state index contributed by atoms with van der Waals surface area (Å²) in [5.74, 6) is 6.59. The van der Waals surface area contributed by atoms with Gasteiger partial charge in [-0.05, 0) is 79.4 Å². The van der Waals surface area contributed by atoms with E-state index in [2.05, 4.69) is 50.6 Å². The first-order valence-corrected chi connectivity index (χ1v) is 11.9. The van der Waals surface area contributed by atoms with Crippen LogP contribution in [0.4, 0.5) is 11.4 Å². The standard InChI is InChI=1S/C29H27N5O/c1-2-20-15-17-30-22(18-20)12-14-27-24-13-11-23(19-28(24)34-33-27)32-26-8-4-3-7-25(26)29(35)31-16-5-6-21-9-10-21/h3-4,7-8,11-15,17-19,21,32H,2,9-10,16H2,1H3,(H,31,35)(H,33,34)/b14-12+. The molecule has 0 unspecified atom stereocenters. The number of hydrogen-bond acceptors (Lipinski definition) is 4. The molecule has 2 aromatic carbocycles. The molecular weight excluding hydrogens is 434 g/mol. The maximum atomic E-state index is 12.7. The van der Waals surface area contributed by atoms with Gasteiger partial charge >= 0.3 is 0 Å². The van der Waals surface area contributed by atoms with Crippen LogP contribution in [0.3, 0.4) is 0 Å². The highest BCUT2D eigenvalue weighted by molar-refractivity contribution is 6.00. The first-order chi connectivity index (χ1) is 17.2. The molecule has 1 aliphatic rings. The van der Waals surface area contributed by atoms with Crippen molar-refractivity contribution >= 4 is 40.3 Å². The fourth-order valence-corrected chi connectivity index (χ4v) is 3.80. The Balaban J connectivity index is 1.30. The molecule has 0 saturated heterocycles. The lowest BCUT2D eigenvalue weighted by atomic mass is 10.1. The van der Waals surface area contributed by atoms with E-state index in [-0.39, 0.29) is 5.91 Å². The average Bonchev–Trinajstić information content (AvgIpc) is 3.64. The summed E-state index contributed by atoms with van der Waals surface area (Å²) in [6.07, 6.45) is 9.11. The monoisotopic (exact) mass is 461 g/mol. The molecule has 6 nitrogen and oxygen atoms in total. The van der Waals surface area contributed by atoms with Crippen LogP contribution in [0.2, 0.25) is 0 Å². The van der Waals surface area contributed by atoms with Crippen molar-refractivity contribution < 1.29 is 4.79 Å². The van der Waals surface area contributed by atoms with E-state index in [0.29, 0.717) is 18.0 Å². The van der Waals surface area contributed by atoms with Gasteiger partial charge in [0, 0.05) is 23.2 Å². The van der Waals surface area contributed by atoms with Crippen LogP contribution in [-0.4, -0.2) is 27.6 Å². The number of para-hydroxylation sites is 1. The second-order valence-corrected chi connectivity index (χ2v) is 8.59. The Hall–Kier alpha value is -4.37. The van der Waals surface area contributed by atoms with Gasteiger partial charge in [-0.2, -0.15) is 5.10 Å². The Labute approximate surface area is 204 Å². The van der Waals surface area contributed by atoms with Gasteiger partial charge in [0.25, 0.3) is 5.91 Å². The van der Waals surface area contributed by atoms with Crippen molar-refractivity contribution in [3.63, 3.8) is 0 Å². The molecular formula is C29H27N5O. The highest BCUT2D eigenvalue weighted by atomic mass is 16.1. The number of aromatic nitrogens is 3. The van der Waals surface area contributed by atoms with Crippen molar-refractivity contribution in [3.8, 4) is 11.8 Å². The summed E-state index contributed by atoms with van der Waals surface area (Å²) in [5, 5.41) is 14.8. The van der Waals surface area contributed by atoms with Gasteiger partial charge in [0.1, 0.15) is 0 Å². The van der Waals surface area contributed by atoms with E-state index >= 15 is 0 Å². The highest BCUT2D eigenvalue weighted by Crippen LogP contribution is 2.27. The van der Waals surface area contributed by atoms with E-state index in [1.54, 1.807) is 0 Å². The molecule has 0 radical (unpaired) electrons. The van der Waals surface area contributed by atoms with Crippen molar-refractivity contribution in [2.45, 2.75) is 26.2 Å². The topological polar surface area (TPSA) is 82.7 Å². The van der Waals surface area contributed by atoms with Crippen LogP contribution >= 0.6 is 0 Å². The number of nitrogens with zero attached hydrogens (tertiary/aromatic N) is 2. The Kier molecular flexibility index (Phi) is 6.58. The van der Waals surface area contributed by atoms with Crippen LogP contribution in [0.5, 0.6) is 0 Å². The average molecular weight is 462 g/mol. The van der Waals surface area contributed by atoms with Crippen LogP contribution in [0.25, 0.3) is 23.1 Å². The number of fused-ring (bicyclic) bond motifs is 1. The summed E-state index contributed by atoms with van der Waals surface area (Å²) in [7, 11) is 0. The predicted octanol–water partition coefficient (Wildman–Crippen LogP) is 5.58. The first kappa shape index (κ1) is 22.4. The van der Waals surface area contributed by atoms with Gasteiger partial charge in [-0.3, -0.25) is 14.9 Å². The number of amides is 1. The summed E-state index contributed by atoms with van der Waals surface area (Å²) < 4.78 is 0. The number of rotatable bonds is 7. The van der Waals surface area contributed by atoms with Crippen LogP contribution < -0.4 is 10.6 Å². The molecule has 1 saturated carbocycles. The number of pyridine rings is 1. The van der Waals surface area contributed by atoms with Crippen LogP contribution in [0.15, 0.2) is 60.8 Å². The normalized spacial score (nSPS) is 12.9. The molecule has 174 valence electrons. The molecule has 0 bridgehead atoms. The zero-order chi connectivity index (χ0) is 24.0. The Morgan fingerprint density at radius 1 is 1.14 bits per heavy atom. The second-order valence-electron chi connectivity index (χ2n) is 8.59. The minimum Gasteiger partial charge on any atom is -0.355 e. The molecule has 4 aromatic rings. The molecule has 2 heterocycles. The van der Waals surface area contributed by atoms with Gasteiger partial charge in [0.15, 0.2) is 0 Å². The summed E-state index contributed by atoms with van der Waals surface area (Å²) in [4.78, 5) is 17.1. The van der Waals surface area contributed by atoms with E-state index in [1.807, 2.05) is 66.9 Å². The van der Waals surface area contributed by atoms with E-state index in [4.69, 9.17) is 0 Å². The smallest absolute Gasteiger partial charge is 0.254 e. The molecule has 0 spiro atoms. The Morgan fingerprint density at radius 3 is 2.89 bits per heavy atom. The van der Waals surface area contributed by atoms with E-state index in [9.17, 15) is 4.79 Å². The molecule has 0 aliphatic heterocycles. The van der Waals surface area contributed by atoms with E-state index in [1.165, 1.54) is 18.4 Å². The van der Waals surface area contributed by atoms with Crippen molar-refractivity contribution in [3.05, 3.63) is 83.3 Å². The third kappa shape index (κ3) is 5.59. The number of carbonyl (C=O) groups is 1. The van der Waals surface area contributed by atoms with Gasteiger partial charge < -0.3 is 10.6 Å². The molecule has 1 amide bonds. The number of anilines is 2. The largest absolute Gasteiger partial charge is 0.355 e. The first-order valence-electron chi connectivity index (χ1n) is 11.9. The lowest BCUT2D eigenvalue weighted by Gasteiger charge is -2.11. The number of aryl methyl sites for hydroxylation is 1. The molecule has 6 heteroatoms. The predicted molar refractivity (Wildman–Crippen MR) is 141 cm³/mol. The molecule has 1 aliphatic carbocycles. The molecule has 35 heavy (non-hydrogen) atoms. The third-order valence-corrected chi connectivity index (χ3v) is 5.93. The third-order valence-electron chi connectivity index (χ3n) is 5.93. The maximum absolute atomic E-state index is 12.7. The number of nitrogens with one attached hydrogen (secondary N) is 3.